The second-order valence-electron chi connectivity index (χ2n) is 9.60. The number of rotatable bonds is 5. The molecular formula is C29H28N4O4. The van der Waals surface area contributed by atoms with Gasteiger partial charge in [0, 0.05) is 18.0 Å². The zero-order valence-electron chi connectivity index (χ0n) is 21.4. The summed E-state index contributed by atoms with van der Waals surface area (Å²) in [6, 6.07) is 12.0. The highest BCUT2D eigenvalue weighted by Crippen LogP contribution is 2.43. The van der Waals surface area contributed by atoms with Gasteiger partial charge in [0.2, 0.25) is 5.95 Å². The van der Waals surface area contributed by atoms with Crippen molar-refractivity contribution in [2.75, 3.05) is 12.0 Å². The number of amides is 1. The minimum absolute atomic E-state index is 0.0161. The van der Waals surface area contributed by atoms with Crippen molar-refractivity contribution in [3.8, 4) is 5.75 Å². The quantitative estimate of drug-likeness (QED) is 0.220. The number of methoxy groups -OCH3 is 1. The first-order chi connectivity index (χ1) is 17.7. The number of nitrogens with zero attached hydrogens (tertiary/aromatic N) is 3. The van der Waals surface area contributed by atoms with E-state index in [-0.39, 0.29) is 23.2 Å². The van der Waals surface area contributed by atoms with Gasteiger partial charge in [0.15, 0.2) is 0 Å². The molecular weight excluding hydrogens is 468 g/mol. The maximum Gasteiger partial charge on any atom is 0.302 e. The van der Waals surface area contributed by atoms with Crippen molar-refractivity contribution in [3.05, 3.63) is 88.2 Å². The molecule has 8 heteroatoms. The van der Waals surface area contributed by atoms with Gasteiger partial charge in [-0.1, -0.05) is 26.0 Å². The van der Waals surface area contributed by atoms with Crippen LogP contribution in [-0.2, 0) is 9.59 Å². The fourth-order valence-corrected chi connectivity index (χ4v) is 4.85. The SMILES string of the molecule is COc1cc(C)c(/C(O)=C2\C(=O)C(=O)N(c3nc4ccc(C)cc4[nH]3)C2c2cccnc2)cc1C(C)C. The van der Waals surface area contributed by atoms with Gasteiger partial charge in [0.05, 0.1) is 29.8 Å². The Balaban J connectivity index is 1.74. The number of aliphatic hydroxyl groups is 1. The second kappa shape index (κ2) is 9.20. The van der Waals surface area contributed by atoms with Gasteiger partial charge in [-0.2, -0.15) is 0 Å². The molecule has 0 saturated carbocycles. The highest BCUT2D eigenvalue weighted by molar-refractivity contribution is 6.51. The Morgan fingerprint density at radius 2 is 1.92 bits per heavy atom. The lowest BCUT2D eigenvalue weighted by molar-refractivity contribution is -0.132. The van der Waals surface area contributed by atoms with E-state index in [2.05, 4.69) is 15.0 Å². The van der Waals surface area contributed by atoms with E-state index < -0.39 is 17.7 Å². The molecule has 3 heterocycles. The number of carbonyl (C=O) groups is 2. The van der Waals surface area contributed by atoms with Crippen LogP contribution in [-0.4, -0.2) is 38.9 Å². The smallest absolute Gasteiger partial charge is 0.302 e. The molecule has 188 valence electrons. The van der Waals surface area contributed by atoms with Gasteiger partial charge in [-0.3, -0.25) is 19.5 Å². The summed E-state index contributed by atoms with van der Waals surface area (Å²) in [6.07, 6.45) is 3.20. The number of Topliss-reactive ketones (excluding diaryl/α,β-unsaturated/α-hetero) is 1. The number of aryl methyl sites for hydroxylation is 2. The minimum Gasteiger partial charge on any atom is -0.507 e. The third-order valence-corrected chi connectivity index (χ3v) is 6.75. The summed E-state index contributed by atoms with van der Waals surface area (Å²) < 4.78 is 5.54. The van der Waals surface area contributed by atoms with Crippen molar-refractivity contribution in [1.82, 2.24) is 15.0 Å². The Morgan fingerprint density at radius 1 is 1.14 bits per heavy atom. The monoisotopic (exact) mass is 496 g/mol. The Bertz CT molecular complexity index is 1570. The summed E-state index contributed by atoms with van der Waals surface area (Å²) in [7, 11) is 1.60. The number of hydrogen-bond donors (Lipinski definition) is 2. The van der Waals surface area contributed by atoms with E-state index in [1.807, 2.05) is 58.0 Å². The highest BCUT2D eigenvalue weighted by atomic mass is 16.5. The van der Waals surface area contributed by atoms with Crippen LogP contribution in [0.4, 0.5) is 5.95 Å². The van der Waals surface area contributed by atoms with E-state index in [1.54, 1.807) is 31.6 Å². The molecule has 1 aliphatic heterocycles. The van der Waals surface area contributed by atoms with Crippen molar-refractivity contribution in [3.63, 3.8) is 0 Å². The van der Waals surface area contributed by atoms with Gasteiger partial charge in [-0.05, 0) is 72.4 Å². The predicted molar refractivity (Wildman–Crippen MR) is 142 cm³/mol. The van der Waals surface area contributed by atoms with E-state index in [1.165, 1.54) is 4.90 Å². The average molecular weight is 497 g/mol. The second-order valence-corrected chi connectivity index (χ2v) is 9.60. The molecule has 1 atom stereocenters. The van der Waals surface area contributed by atoms with Crippen LogP contribution >= 0.6 is 0 Å². The summed E-state index contributed by atoms with van der Waals surface area (Å²) in [5.74, 6) is -0.775. The maximum absolute atomic E-state index is 13.5. The van der Waals surface area contributed by atoms with Gasteiger partial charge in [0.1, 0.15) is 11.5 Å². The number of aromatic nitrogens is 3. The molecule has 2 aromatic heterocycles. The van der Waals surface area contributed by atoms with Crippen LogP contribution in [0.5, 0.6) is 5.75 Å². The van der Waals surface area contributed by atoms with E-state index in [0.717, 1.165) is 16.6 Å². The first-order valence-electron chi connectivity index (χ1n) is 12.1. The summed E-state index contributed by atoms with van der Waals surface area (Å²) in [5, 5.41) is 11.6. The van der Waals surface area contributed by atoms with Crippen LogP contribution in [0.3, 0.4) is 0 Å². The molecule has 1 amide bonds. The van der Waals surface area contributed by atoms with Crippen molar-refractivity contribution in [2.24, 2.45) is 0 Å². The molecule has 1 unspecified atom stereocenters. The summed E-state index contributed by atoms with van der Waals surface area (Å²) in [5.41, 5.74) is 5.08. The van der Waals surface area contributed by atoms with Crippen LogP contribution in [0.1, 0.15) is 53.6 Å². The maximum atomic E-state index is 13.5. The number of imidazole rings is 1. The summed E-state index contributed by atoms with van der Waals surface area (Å²) in [6.45, 7) is 7.84. The number of aliphatic hydroxyl groups excluding tert-OH is 1. The summed E-state index contributed by atoms with van der Waals surface area (Å²) in [4.78, 5) is 40.3. The third-order valence-electron chi connectivity index (χ3n) is 6.75. The molecule has 5 rings (SSSR count). The van der Waals surface area contributed by atoms with Gasteiger partial charge in [0.25, 0.3) is 5.78 Å². The molecule has 1 fully saturated rings. The number of H-pyrrole nitrogens is 1. The predicted octanol–water partition coefficient (Wildman–Crippen LogP) is 5.33. The zero-order valence-corrected chi connectivity index (χ0v) is 21.4. The summed E-state index contributed by atoms with van der Waals surface area (Å²) >= 11 is 0. The number of benzene rings is 2. The Morgan fingerprint density at radius 3 is 2.59 bits per heavy atom. The molecule has 2 aromatic carbocycles. The topological polar surface area (TPSA) is 108 Å². The lowest BCUT2D eigenvalue weighted by atomic mass is 9.91. The van der Waals surface area contributed by atoms with Gasteiger partial charge >= 0.3 is 5.91 Å². The van der Waals surface area contributed by atoms with Crippen molar-refractivity contribution < 1.29 is 19.4 Å². The molecule has 0 spiro atoms. The Hall–Kier alpha value is -4.46. The first kappa shape index (κ1) is 24.2. The number of ether oxygens (including phenoxy) is 1. The number of pyridine rings is 1. The highest BCUT2D eigenvalue weighted by Gasteiger charge is 2.48. The van der Waals surface area contributed by atoms with Crippen molar-refractivity contribution in [1.29, 1.82) is 0 Å². The van der Waals surface area contributed by atoms with E-state index in [4.69, 9.17) is 4.74 Å². The molecule has 8 nitrogen and oxygen atoms in total. The third kappa shape index (κ3) is 4.04. The largest absolute Gasteiger partial charge is 0.507 e. The normalized spacial score (nSPS) is 17.2. The lowest BCUT2D eigenvalue weighted by Crippen LogP contribution is -2.30. The van der Waals surface area contributed by atoms with Crippen LogP contribution in [0.15, 0.2) is 60.4 Å². The Kier molecular flexibility index (Phi) is 6.03. The van der Waals surface area contributed by atoms with Crippen LogP contribution in [0.2, 0.25) is 0 Å². The number of carbonyl (C=O) groups excluding carboxylic acids is 2. The van der Waals surface area contributed by atoms with Gasteiger partial charge in [-0.15, -0.1) is 0 Å². The van der Waals surface area contributed by atoms with Crippen LogP contribution < -0.4 is 9.64 Å². The standard InChI is InChI=1S/C29H28N4O4/c1-15(2)19-13-20(17(4)12-23(19)37-5)26(34)24-25(18-7-6-10-30-14-18)33(28(36)27(24)35)29-31-21-9-8-16(3)11-22(21)32-29/h6-15,25,34H,1-5H3,(H,31,32)/b26-24+. The number of anilines is 1. The lowest BCUT2D eigenvalue weighted by Gasteiger charge is -2.23. The molecule has 2 N–H and O–H groups in total. The number of ketones is 1. The molecule has 1 saturated heterocycles. The van der Waals surface area contributed by atoms with Crippen LogP contribution in [0, 0.1) is 13.8 Å². The zero-order chi connectivity index (χ0) is 26.4. The van der Waals surface area contributed by atoms with E-state index in [9.17, 15) is 14.7 Å². The number of fused-ring (bicyclic) bond motifs is 1. The minimum atomic E-state index is -0.917. The van der Waals surface area contributed by atoms with Gasteiger partial charge < -0.3 is 14.8 Å². The van der Waals surface area contributed by atoms with E-state index >= 15 is 0 Å². The molecule has 0 radical (unpaired) electrons. The number of hydrogen-bond acceptors (Lipinski definition) is 6. The van der Waals surface area contributed by atoms with Crippen LogP contribution in [0.25, 0.3) is 16.8 Å². The molecule has 0 bridgehead atoms. The molecule has 0 aliphatic carbocycles. The number of nitrogens with one attached hydrogen (secondary N) is 1. The molecule has 1 aliphatic rings. The number of aromatic amines is 1. The van der Waals surface area contributed by atoms with Crippen molar-refractivity contribution >= 4 is 34.4 Å². The fraction of sp³-hybridized carbons (Fsp3) is 0.241. The van der Waals surface area contributed by atoms with Crippen molar-refractivity contribution in [2.45, 2.75) is 39.7 Å². The van der Waals surface area contributed by atoms with Gasteiger partial charge in [-0.25, -0.2) is 4.98 Å². The Labute approximate surface area is 214 Å². The first-order valence-corrected chi connectivity index (χ1v) is 12.1. The molecule has 4 aromatic rings. The molecule has 37 heavy (non-hydrogen) atoms. The fourth-order valence-electron chi connectivity index (χ4n) is 4.85. The van der Waals surface area contributed by atoms with E-state index in [0.29, 0.717) is 28.0 Å². The average Bonchev–Trinajstić information content (AvgIpc) is 3.41.